The zero-order valence-electron chi connectivity index (χ0n) is 9.47. The summed E-state index contributed by atoms with van der Waals surface area (Å²) in [6.45, 7) is 11.4. The number of carbonyl (C=O) groups is 1. The van der Waals surface area contributed by atoms with Crippen LogP contribution in [-0.4, -0.2) is 23.7 Å². The Morgan fingerprint density at radius 2 is 1.69 bits per heavy atom. The maximum absolute atomic E-state index is 11.4. The van der Waals surface area contributed by atoms with Crippen molar-refractivity contribution in [2.24, 2.45) is 0 Å². The Balaban J connectivity index is 3.97. The summed E-state index contributed by atoms with van der Waals surface area (Å²) in [4.78, 5) is 11.4. The largest absolute Gasteiger partial charge is 0.363 e. The normalized spacial score (nSPS) is 14.4. The van der Waals surface area contributed by atoms with Gasteiger partial charge in [-0.1, -0.05) is 0 Å². The van der Waals surface area contributed by atoms with Crippen LogP contribution < -0.4 is 5.32 Å². The van der Waals surface area contributed by atoms with Crippen LogP contribution in [0, 0.1) is 0 Å². The van der Waals surface area contributed by atoms with E-state index in [-0.39, 0.29) is 23.7 Å². The van der Waals surface area contributed by atoms with E-state index in [0.29, 0.717) is 0 Å². The van der Waals surface area contributed by atoms with E-state index in [9.17, 15) is 4.79 Å². The zero-order chi connectivity index (χ0) is 10.6. The summed E-state index contributed by atoms with van der Waals surface area (Å²) in [7, 11) is 0. The quantitative estimate of drug-likeness (QED) is 0.730. The van der Waals surface area contributed by atoms with Gasteiger partial charge in [0.05, 0.1) is 5.60 Å². The van der Waals surface area contributed by atoms with Crippen molar-refractivity contribution in [3.63, 3.8) is 0 Å². The van der Waals surface area contributed by atoms with Crippen LogP contribution in [0.4, 0.5) is 0 Å². The van der Waals surface area contributed by atoms with Crippen molar-refractivity contribution < 1.29 is 9.53 Å². The molecule has 1 unspecified atom stereocenters. The van der Waals surface area contributed by atoms with Crippen molar-refractivity contribution in [2.75, 3.05) is 0 Å². The highest BCUT2D eigenvalue weighted by molar-refractivity contribution is 5.80. The van der Waals surface area contributed by atoms with Crippen LogP contribution in [0.25, 0.3) is 0 Å². The highest BCUT2D eigenvalue weighted by Crippen LogP contribution is 2.10. The van der Waals surface area contributed by atoms with Gasteiger partial charge in [0.15, 0.2) is 0 Å². The Bertz CT molecular complexity index is 170. The predicted molar refractivity (Wildman–Crippen MR) is 53.6 cm³/mol. The van der Waals surface area contributed by atoms with Gasteiger partial charge in [-0.2, -0.15) is 0 Å². The Morgan fingerprint density at radius 3 is 2.00 bits per heavy atom. The number of rotatable bonds is 3. The molecule has 0 fully saturated rings. The van der Waals surface area contributed by atoms with Crippen molar-refractivity contribution in [1.29, 1.82) is 0 Å². The Kier molecular flexibility index (Phi) is 4.40. The molecule has 3 nitrogen and oxygen atoms in total. The molecule has 1 N–H and O–H groups in total. The lowest BCUT2D eigenvalue weighted by Gasteiger charge is -2.25. The van der Waals surface area contributed by atoms with E-state index in [0.717, 1.165) is 0 Å². The highest BCUT2D eigenvalue weighted by atomic mass is 16.5. The first kappa shape index (κ1) is 12.4. The molecule has 0 saturated heterocycles. The fourth-order valence-electron chi connectivity index (χ4n) is 0.986. The molecule has 0 saturated carbocycles. The number of carbonyl (C=O) groups excluding carboxylic acids is 1. The average Bonchev–Trinajstić information content (AvgIpc) is 1.81. The summed E-state index contributed by atoms with van der Waals surface area (Å²) >= 11 is 0. The first-order valence-electron chi connectivity index (χ1n) is 4.70. The third-order valence-electron chi connectivity index (χ3n) is 1.33. The lowest BCUT2D eigenvalue weighted by atomic mass is 10.2. The molecule has 0 radical (unpaired) electrons. The Hall–Kier alpha value is -0.570. The fourth-order valence-corrected chi connectivity index (χ4v) is 0.986. The van der Waals surface area contributed by atoms with Crippen LogP contribution in [0.2, 0.25) is 0 Å². The summed E-state index contributed by atoms with van der Waals surface area (Å²) in [6, 6.07) is 0.165. The number of hydrogen-bond donors (Lipinski definition) is 1. The number of ether oxygens (including phenoxy) is 1. The molecule has 0 aromatic rings. The van der Waals surface area contributed by atoms with Crippen molar-refractivity contribution in [1.82, 2.24) is 5.32 Å². The SMILES string of the molecule is CC(C)NC(=O)C(C)OC(C)(C)C. The van der Waals surface area contributed by atoms with Crippen LogP contribution in [0.15, 0.2) is 0 Å². The number of hydrogen-bond acceptors (Lipinski definition) is 2. The van der Waals surface area contributed by atoms with Crippen LogP contribution >= 0.6 is 0 Å². The third-order valence-corrected chi connectivity index (χ3v) is 1.33. The molecular weight excluding hydrogens is 166 g/mol. The summed E-state index contributed by atoms with van der Waals surface area (Å²) in [5.41, 5.74) is -0.270. The summed E-state index contributed by atoms with van der Waals surface area (Å²) < 4.78 is 5.49. The molecule has 0 aliphatic heterocycles. The molecule has 0 bridgehead atoms. The van der Waals surface area contributed by atoms with Gasteiger partial charge in [-0.3, -0.25) is 4.79 Å². The molecule has 1 amide bonds. The van der Waals surface area contributed by atoms with E-state index in [1.165, 1.54) is 0 Å². The van der Waals surface area contributed by atoms with Crippen LogP contribution in [-0.2, 0) is 9.53 Å². The van der Waals surface area contributed by atoms with E-state index in [1.54, 1.807) is 6.92 Å². The minimum absolute atomic E-state index is 0.0510. The van der Waals surface area contributed by atoms with E-state index in [2.05, 4.69) is 5.32 Å². The van der Waals surface area contributed by atoms with Gasteiger partial charge in [-0.05, 0) is 41.5 Å². The maximum atomic E-state index is 11.4. The molecule has 0 aliphatic carbocycles. The molecule has 0 aromatic heterocycles. The average molecular weight is 187 g/mol. The van der Waals surface area contributed by atoms with Crippen molar-refractivity contribution in [3.05, 3.63) is 0 Å². The molecule has 0 aromatic carbocycles. The molecule has 0 rings (SSSR count). The van der Waals surface area contributed by atoms with Crippen LogP contribution in [0.5, 0.6) is 0 Å². The van der Waals surface area contributed by atoms with E-state index < -0.39 is 0 Å². The lowest BCUT2D eigenvalue weighted by Crippen LogP contribution is -2.41. The van der Waals surface area contributed by atoms with Crippen molar-refractivity contribution >= 4 is 5.91 Å². The minimum Gasteiger partial charge on any atom is -0.363 e. The second-order valence-corrected chi connectivity index (χ2v) is 4.54. The smallest absolute Gasteiger partial charge is 0.249 e. The topological polar surface area (TPSA) is 38.3 Å². The molecule has 3 heteroatoms. The van der Waals surface area contributed by atoms with E-state index in [1.807, 2.05) is 34.6 Å². The van der Waals surface area contributed by atoms with Gasteiger partial charge in [-0.25, -0.2) is 0 Å². The third kappa shape index (κ3) is 6.58. The summed E-state index contributed by atoms with van der Waals surface area (Å²) in [5, 5.41) is 2.80. The Labute approximate surface area is 80.8 Å². The first-order chi connectivity index (χ1) is 5.72. The number of amides is 1. The van der Waals surface area contributed by atoms with Gasteiger partial charge in [-0.15, -0.1) is 0 Å². The standard InChI is InChI=1S/C10H21NO2/c1-7(2)11-9(12)8(3)13-10(4,5)6/h7-8H,1-6H3,(H,11,12). The van der Waals surface area contributed by atoms with Crippen LogP contribution in [0.1, 0.15) is 41.5 Å². The molecule has 0 aliphatic rings. The van der Waals surface area contributed by atoms with E-state index in [4.69, 9.17) is 4.74 Å². The second-order valence-electron chi connectivity index (χ2n) is 4.54. The summed E-state index contributed by atoms with van der Waals surface area (Å²) in [6.07, 6.45) is -0.387. The van der Waals surface area contributed by atoms with Gasteiger partial charge in [0, 0.05) is 6.04 Å². The molecule has 0 heterocycles. The summed E-state index contributed by atoms with van der Waals surface area (Å²) in [5.74, 6) is -0.0510. The van der Waals surface area contributed by atoms with Gasteiger partial charge in [0.2, 0.25) is 5.91 Å². The molecule has 78 valence electrons. The Morgan fingerprint density at radius 1 is 1.23 bits per heavy atom. The van der Waals surface area contributed by atoms with E-state index >= 15 is 0 Å². The second kappa shape index (κ2) is 4.61. The molecule has 0 spiro atoms. The number of nitrogens with one attached hydrogen (secondary N) is 1. The van der Waals surface area contributed by atoms with Crippen molar-refractivity contribution in [2.45, 2.75) is 59.3 Å². The van der Waals surface area contributed by atoms with Gasteiger partial charge in [0.25, 0.3) is 0 Å². The highest BCUT2D eigenvalue weighted by Gasteiger charge is 2.20. The first-order valence-corrected chi connectivity index (χ1v) is 4.70. The fraction of sp³-hybridized carbons (Fsp3) is 0.900. The minimum atomic E-state index is -0.387. The van der Waals surface area contributed by atoms with Gasteiger partial charge in [0.1, 0.15) is 6.10 Å². The van der Waals surface area contributed by atoms with Gasteiger partial charge < -0.3 is 10.1 Å². The zero-order valence-corrected chi connectivity index (χ0v) is 9.47. The van der Waals surface area contributed by atoms with Crippen molar-refractivity contribution in [3.8, 4) is 0 Å². The monoisotopic (exact) mass is 187 g/mol. The van der Waals surface area contributed by atoms with Gasteiger partial charge >= 0.3 is 0 Å². The van der Waals surface area contributed by atoms with Crippen LogP contribution in [0.3, 0.4) is 0 Å². The molecule has 13 heavy (non-hydrogen) atoms. The maximum Gasteiger partial charge on any atom is 0.249 e. The predicted octanol–water partition coefficient (Wildman–Crippen LogP) is 1.71. The molecule has 1 atom stereocenters. The lowest BCUT2D eigenvalue weighted by molar-refractivity contribution is -0.141. The molecular formula is C10H21NO2.